The van der Waals surface area contributed by atoms with Crippen LogP contribution in [0.15, 0.2) is 59.7 Å². The van der Waals surface area contributed by atoms with Crippen molar-refractivity contribution in [2.24, 2.45) is 5.10 Å². The Hall–Kier alpha value is -4.40. The molecular formula is C22H20N4O5. The van der Waals surface area contributed by atoms with Gasteiger partial charge in [-0.1, -0.05) is 18.2 Å². The van der Waals surface area contributed by atoms with Crippen molar-refractivity contribution in [3.63, 3.8) is 0 Å². The van der Waals surface area contributed by atoms with E-state index in [0.717, 1.165) is 11.8 Å². The van der Waals surface area contributed by atoms with Crippen molar-refractivity contribution in [3.05, 3.63) is 82.7 Å². The van der Waals surface area contributed by atoms with E-state index in [1.807, 2.05) is 6.07 Å². The topological polar surface area (TPSA) is 133 Å². The Morgan fingerprint density at radius 1 is 0.935 bits per heavy atom. The molecule has 0 radical (unpaired) electrons. The SMILES string of the molecule is Cc1cc(/C=N/NC(=O)Nc2ccccc2)c(C)n1-c1cc(C(=O)O)cc(C(=O)O)c1. The van der Waals surface area contributed by atoms with Gasteiger partial charge in [0.25, 0.3) is 0 Å². The Kier molecular flexibility index (Phi) is 6.15. The minimum atomic E-state index is -1.22. The summed E-state index contributed by atoms with van der Waals surface area (Å²) < 4.78 is 1.73. The van der Waals surface area contributed by atoms with Crippen molar-refractivity contribution >= 4 is 29.9 Å². The summed E-state index contributed by atoms with van der Waals surface area (Å²) in [6, 6.07) is 14.1. The molecule has 2 aromatic carbocycles. The van der Waals surface area contributed by atoms with Gasteiger partial charge in [-0.2, -0.15) is 5.10 Å². The molecular weight excluding hydrogens is 400 g/mol. The van der Waals surface area contributed by atoms with Crippen LogP contribution in [-0.4, -0.2) is 39.0 Å². The Morgan fingerprint density at radius 2 is 1.55 bits per heavy atom. The van der Waals surface area contributed by atoms with Gasteiger partial charge in [0, 0.05) is 28.3 Å². The number of carboxylic acid groups (broad SMARTS) is 2. The monoisotopic (exact) mass is 420 g/mol. The number of hydrogen-bond donors (Lipinski definition) is 4. The standard InChI is InChI=1S/C22H20N4O5/c1-13-8-17(12-23-25-22(31)24-18-6-4-3-5-7-18)14(2)26(13)19-10-15(20(27)28)9-16(11-19)21(29)30/h3-12H,1-2H3,(H,27,28)(H,29,30)(H2,24,25,31)/b23-12+. The van der Waals surface area contributed by atoms with E-state index < -0.39 is 18.0 Å². The number of benzene rings is 2. The molecule has 4 N–H and O–H groups in total. The molecule has 9 nitrogen and oxygen atoms in total. The number of hydrogen-bond acceptors (Lipinski definition) is 4. The molecule has 0 spiro atoms. The van der Waals surface area contributed by atoms with Gasteiger partial charge in [-0.15, -0.1) is 0 Å². The number of para-hydroxylation sites is 1. The van der Waals surface area contributed by atoms with Crippen LogP contribution in [0.2, 0.25) is 0 Å². The number of nitrogens with zero attached hydrogens (tertiary/aromatic N) is 2. The molecule has 0 aliphatic carbocycles. The molecule has 3 rings (SSSR count). The van der Waals surface area contributed by atoms with Crippen LogP contribution in [-0.2, 0) is 0 Å². The van der Waals surface area contributed by atoms with Crippen LogP contribution in [0, 0.1) is 13.8 Å². The number of carbonyl (C=O) groups excluding carboxylic acids is 1. The van der Waals surface area contributed by atoms with Crippen LogP contribution in [0.4, 0.5) is 10.5 Å². The van der Waals surface area contributed by atoms with Crippen molar-refractivity contribution in [1.29, 1.82) is 0 Å². The first-order chi connectivity index (χ1) is 14.8. The average molecular weight is 420 g/mol. The van der Waals surface area contributed by atoms with Gasteiger partial charge in [-0.05, 0) is 50.2 Å². The smallest absolute Gasteiger partial charge is 0.339 e. The summed E-state index contributed by atoms with van der Waals surface area (Å²) in [5, 5.41) is 25.2. The average Bonchev–Trinajstić information content (AvgIpc) is 3.01. The third-order valence-corrected chi connectivity index (χ3v) is 4.54. The maximum atomic E-state index is 11.9. The highest BCUT2D eigenvalue weighted by atomic mass is 16.4. The van der Waals surface area contributed by atoms with Gasteiger partial charge in [0.15, 0.2) is 0 Å². The van der Waals surface area contributed by atoms with E-state index in [0.29, 0.717) is 22.6 Å². The number of aromatic carboxylic acids is 2. The summed E-state index contributed by atoms with van der Waals surface area (Å²) in [5.74, 6) is -2.44. The Labute approximate surface area is 177 Å². The normalized spacial score (nSPS) is 10.8. The lowest BCUT2D eigenvalue weighted by molar-refractivity contribution is 0.0696. The highest BCUT2D eigenvalue weighted by molar-refractivity contribution is 5.95. The molecule has 0 saturated heterocycles. The summed E-state index contributed by atoms with van der Waals surface area (Å²) in [5.41, 5.74) is 5.27. The fourth-order valence-corrected chi connectivity index (χ4v) is 3.14. The Morgan fingerprint density at radius 3 is 2.13 bits per heavy atom. The fraction of sp³-hybridized carbons (Fsp3) is 0.0909. The number of amides is 2. The zero-order valence-electron chi connectivity index (χ0n) is 16.8. The molecule has 0 saturated carbocycles. The number of aromatic nitrogens is 1. The first-order valence-corrected chi connectivity index (χ1v) is 9.22. The van der Waals surface area contributed by atoms with E-state index in [1.54, 1.807) is 48.7 Å². The highest BCUT2D eigenvalue weighted by Crippen LogP contribution is 2.22. The van der Waals surface area contributed by atoms with Gasteiger partial charge < -0.3 is 20.1 Å². The molecule has 9 heteroatoms. The molecule has 0 fully saturated rings. The predicted octanol–water partition coefficient (Wildman–Crippen LogP) is 3.65. The zero-order chi connectivity index (χ0) is 22.5. The molecule has 1 heterocycles. The van der Waals surface area contributed by atoms with E-state index in [1.165, 1.54) is 18.3 Å². The van der Waals surface area contributed by atoms with Crippen molar-refractivity contribution in [3.8, 4) is 5.69 Å². The number of aryl methyl sites for hydroxylation is 1. The number of anilines is 1. The van der Waals surface area contributed by atoms with E-state index in [2.05, 4.69) is 15.8 Å². The maximum absolute atomic E-state index is 11.9. The lowest BCUT2D eigenvalue weighted by Gasteiger charge is -2.12. The van der Waals surface area contributed by atoms with E-state index in [9.17, 15) is 24.6 Å². The lowest BCUT2D eigenvalue weighted by Crippen LogP contribution is -2.24. The van der Waals surface area contributed by atoms with Gasteiger partial charge in [0.05, 0.1) is 17.3 Å². The largest absolute Gasteiger partial charge is 0.478 e. The summed E-state index contributed by atoms with van der Waals surface area (Å²) >= 11 is 0. The van der Waals surface area contributed by atoms with Crippen molar-refractivity contribution in [1.82, 2.24) is 9.99 Å². The first kappa shape index (κ1) is 21.3. The zero-order valence-corrected chi connectivity index (χ0v) is 16.8. The van der Waals surface area contributed by atoms with Crippen LogP contribution in [0.3, 0.4) is 0 Å². The molecule has 0 atom stereocenters. The van der Waals surface area contributed by atoms with Crippen LogP contribution in [0.25, 0.3) is 5.69 Å². The highest BCUT2D eigenvalue weighted by Gasteiger charge is 2.16. The molecule has 0 aliphatic heterocycles. The minimum Gasteiger partial charge on any atom is -0.478 e. The molecule has 0 unspecified atom stereocenters. The second-order valence-corrected chi connectivity index (χ2v) is 6.73. The third-order valence-electron chi connectivity index (χ3n) is 4.54. The van der Waals surface area contributed by atoms with Crippen molar-refractivity contribution in [2.45, 2.75) is 13.8 Å². The van der Waals surface area contributed by atoms with E-state index >= 15 is 0 Å². The van der Waals surface area contributed by atoms with Crippen LogP contribution >= 0.6 is 0 Å². The predicted molar refractivity (Wildman–Crippen MR) is 115 cm³/mol. The maximum Gasteiger partial charge on any atom is 0.339 e. The van der Waals surface area contributed by atoms with Gasteiger partial charge in [0.1, 0.15) is 0 Å². The van der Waals surface area contributed by atoms with Gasteiger partial charge in [-0.25, -0.2) is 19.8 Å². The molecule has 158 valence electrons. The van der Waals surface area contributed by atoms with Crippen LogP contribution < -0.4 is 10.7 Å². The summed E-state index contributed by atoms with van der Waals surface area (Å²) in [6.07, 6.45) is 1.46. The second-order valence-electron chi connectivity index (χ2n) is 6.73. The van der Waals surface area contributed by atoms with Crippen molar-refractivity contribution in [2.75, 3.05) is 5.32 Å². The quantitative estimate of drug-likeness (QED) is 0.357. The summed E-state index contributed by atoms with van der Waals surface area (Å²) in [4.78, 5) is 34.7. The molecule has 0 aliphatic rings. The number of rotatable bonds is 6. The first-order valence-electron chi connectivity index (χ1n) is 9.22. The molecule has 0 bridgehead atoms. The number of nitrogens with one attached hydrogen (secondary N) is 2. The van der Waals surface area contributed by atoms with Gasteiger partial charge in [-0.3, -0.25) is 0 Å². The Bertz CT molecular complexity index is 1150. The van der Waals surface area contributed by atoms with Gasteiger partial charge in [0.2, 0.25) is 0 Å². The van der Waals surface area contributed by atoms with E-state index in [-0.39, 0.29) is 11.1 Å². The second kappa shape index (κ2) is 8.95. The number of urea groups is 1. The van der Waals surface area contributed by atoms with Crippen LogP contribution in [0.1, 0.15) is 37.7 Å². The van der Waals surface area contributed by atoms with Gasteiger partial charge >= 0.3 is 18.0 Å². The molecule has 2 amide bonds. The Balaban J connectivity index is 1.84. The third kappa shape index (κ3) is 4.96. The summed E-state index contributed by atoms with van der Waals surface area (Å²) in [6.45, 7) is 3.58. The molecule has 31 heavy (non-hydrogen) atoms. The minimum absolute atomic E-state index is 0.128. The number of carboxylic acids is 2. The molecule has 3 aromatic rings. The van der Waals surface area contributed by atoms with E-state index in [4.69, 9.17) is 0 Å². The number of carbonyl (C=O) groups is 3. The fourth-order valence-electron chi connectivity index (χ4n) is 3.14. The molecule has 1 aromatic heterocycles. The van der Waals surface area contributed by atoms with Crippen molar-refractivity contribution < 1.29 is 24.6 Å². The van der Waals surface area contributed by atoms with Crippen LogP contribution in [0.5, 0.6) is 0 Å². The lowest BCUT2D eigenvalue weighted by atomic mass is 10.1. The number of hydrazone groups is 1. The summed E-state index contributed by atoms with van der Waals surface area (Å²) in [7, 11) is 0.